The van der Waals surface area contributed by atoms with Gasteiger partial charge in [-0.15, -0.1) is 0 Å². The first kappa shape index (κ1) is 15.0. The Morgan fingerprint density at radius 3 is 2.17 bits per heavy atom. The van der Waals surface area contributed by atoms with Crippen LogP contribution in [0.4, 0.5) is 0 Å². The molecule has 0 aliphatic heterocycles. The van der Waals surface area contributed by atoms with E-state index in [1.54, 1.807) is 0 Å². The zero-order chi connectivity index (χ0) is 14.0. The smallest absolute Gasteiger partial charge is 0.328 e. The molecule has 0 unspecified atom stereocenters. The fourth-order valence-corrected chi connectivity index (χ4v) is 2.83. The standard InChI is InChI=1S/C14H25NO3/c1-10(2)9-14(7-5-6-8-14)11(16)15-13(3,4)12(17)18/h10H,5-9H2,1-4H3,(H,15,16)(H,17,18). The Morgan fingerprint density at radius 1 is 1.28 bits per heavy atom. The van der Waals surface area contributed by atoms with Crippen molar-refractivity contribution in [2.24, 2.45) is 11.3 Å². The van der Waals surface area contributed by atoms with Gasteiger partial charge in [0, 0.05) is 5.41 Å². The van der Waals surface area contributed by atoms with Crippen LogP contribution < -0.4 is 5.32 Å². The normalized spacial score (nSPS) is 18.9. The maximum Gasteiger partial charge on any atom is 0.328 e. The van der Waals surface area contributed by atoms with Gasteiger partial charge in [-0.05, 0) is 39.0 Å². The van der Waals surface area contributed by atoms with Gasteiger partial charge in [0.25, 0.3) is 0 Å². The lowest BCUT2D eigenvalue weighted by Crippen LogP contribution is -2.54. The van der Waals surface area contributed by atoms with Gasteiger partial charge in [-0.2, -0.15) is 0 Å². The van der Waals surface area contributed by atoms with E-state index in [-0.39, 0.29) is 11.3 Å². The summed E-state index contributed by atoms with van der Waals surface area (Å²) in [5, 5.41) is 11.8. The molecule has 1 amide bonds. The Morgan fingerprint density at radius 2 is 1.78 bits per heavy atom. The van der Waals surface area contributed by atoms with Gasteiger partial charge in [-0.1, -0.05) is 26.7 Å². The van der Waals surface area contributed by atoms with Gasteiger partial charge in [-0.25, -0.2) is 4.79 Å². The second-order valence-corrected chi connectivity index (χ2v) is 6.47. The number of carboxylic acid groups (broad SMARTS) is 1. The van der Waals surface area contributed by atoms with Crippen molar-refractivity contribution < 1.29 is 14.7 Å². The third-order valence-corrected chi connectivity index (χ3v) is 3.80. The van der Waals surface area contributed by atoms with E-state index in [9.17, 15) is 9.59 Å². The SMILES string of the molecule is CC(C)CC1(C(=O)NC(C)(C)C(=O)O)CCCC1. The molecule has 1 aliphatic carbocycles. The van der Waals surface area contributed by atoms with Crippen molar-refractivity contribution in [2.45, 2.75) is 65.3 Å². The number of aliphatic carboxylic acids is 1. The molecule has 0 radical (unpaired) electrons. The number of hydrogen-bond donors (Lipinski definition) is 2. The van der Waals surface area contributed by atoms with E-state index >= 15 is 0 Å². The summed E-state index contributed by atoms with van der Waals surface area (Å²) < 4.78 is 0. The van der Waals surface area contributed by atoms with Gasteiger partial charge >= 0.3 is 5.97 Å². The fourth-order valence-electron chi connectivity index (χ4n) is 2.83. The molecule has 0 aromatic rings. The molecular weight excluding hydrogens is 230 g/mol. The number of carbonyl (C=O) groups excluding carboxylic acids is 1. The van der Waals surface area contributed by atoms with Crippen molar-refractivity contribution in [3.8, 4) is 0 Å². The Kier molecular flexibility index (Phi) is 4.41. The predicted molar refractivity (Wildman–Crippen MR) is 70.2 cm³/mol. The minimum absolute atomic E-state index is 0.0823. The molecule has 1 aliphatic rings. The van der Waals surface area contributed by atoms with Crippen LogP contribution in [0.5, 0.6) is 0 Å². The molecule has 18 heavy (non-hydrogen) atoms. The highest BCUT2D eigenvalue weighted by Crippen LogP contribution is 2.43. The Hall–Kier alpha value is -1.06. The van der Waals surface area contributed by atoms with Crippen LogP contribution in [0.3, 0.4) is 0 Å². The molecule has 4 nitrogen and oxygen atoms in total. The predicted octanol–water partition coefficient (Wildman–Crippen LogP) is 2.57. The highest BCUT2D eigenvalue weighted by molar-refractivity contribution is 5.89. The van der Waals surface area contributed by atoms with Crippen LogP contribution in [-0.4, -0.2) is 22.5 Å². The highest BCUT2D eigenvalue weighted by atomic mass is 16.4. The summed E-state index contributed by atoms with van der Waals surface area (Å²) in [6.45, 7) is 7.28. The van der Waals surface area contributed by atoms with Gasteiger partial charge in [0.1, 0.15) is 5.54 Å². The van der Waals surface area contributed by atoms with Crippen molar-refractivity contribution >= 4 is 11.9 Å². The minimum Gasteiger partial charge on any atom is -0.480 e. The Bertz CT molecular complexity index is 328. The maximum atomic E-state index is 12.4. The van der Waals surface area contributed by atoms with Crippen molar-refractivity contribution in [1.82, 2.24) is 5.32 Å². The van der Waals surface area contributed by atoms with Gasteiger partial charge in [0.2, 0.25) is 5.91 Å². The summed E-state index contributed by atoms with van der Waals surface area (Å²) in [4.78, 5) is 23.5. The average Bonchev–Trinajstić information content (AvgIpc) is 2.65. The quantitative estimate of drug-likeness (QED) is 0.793. The molecular formula is C14H25NO3. The third-order valence-electron chi connectivity index (χ3n) is 3.80. The summed E-state index contributed by atoms with van der Waals surface area (Å²) in [7, 11) is 0. The minimum atomic E-state index is -1.19. The second-order valence-electron chi connectivity index (χ2n) is 6.47. The summed E-state index contributed by atoms with van der Waals surface area (Å²) in [6, 6.07) is 0. The molecule has 0 bridgehead atoms. The molecule has 0 heterocycles. The summed E-state index contributed by atoms with van der Waals surface area (Å²) in [5.74, 6) is -0.628. The van der Waals surface area contributed by atoms with E-state index in [4.69, 9.17) is 5.11 Å². The van der Waals surface area contributed by atoms with Gasteiger partial charge < -0.3 is 10.4 Å². The van der Waals surface area contributed by atoms with Gasteiger partial charge in [0.15, 0.2) is 0 Å². The number of nitrogens with one attached hydrogen (secondary N) is 1. The van der Waals surface area contributed by atoms with E-state index < -0.39 is 11.5 Å². The van der Waals surface area contributed by atoms with Gasteiger partial charge in [0.05, 0.1) is 0 Å². The largest absolute Gasteiger partial charge is 0.480 e. The lowest BCUT2D eigenvalue weighted by molar-refractivity contribution is -0.148. The molecule has 0 spiro atoms. The zero-order valence-electron chi connectivity index (χ0n) is 11.9. The van der Waals surface area contributed by atoms with Crippen LogP contribution in [0, 0.1) is 11.3 Å². The molecule has 0 atom stereocenters. The topological polar surface area (TPSA) is 66.4 Å². The summed E-state index contributed by atoms with van der Waals surface area (Å²) in [6.07, 6.45) is 4.73. The molecule has 0 aromatic heterocycles. The molecule has 0 aromatic carbocycles. The van der Waals surface area contributed by atoms with E-state index in [2.05, 4.69) is 19.2 Å². The first-order valence-corrected chi connectivity index (χ1v) is 6.76. The molecule has 104 valence electrons. The number of carbonyl (C=O) groups is 2. The first-order chi connectivity index (χ1) is 8.19. The van der Waals surface area contributed by atoms with Crippen LogP contribution in [0.25, 0.3) is 0 Å². The second kappa shape index (κ2) is 5.29. The molecule has 1 rings (SSSR count). The monoisotopic (exact) mass is 255 g/mol. The number of hydrogen-bond acceptors (Lipinski definition) is 2. The summed E-state index contributed by atoms with van der Waals surface area (Å²) in [5.41, 5.74) is -1.54. The number of carboxylic acids is 1. The number of rotatable bonds is 5. The summed E-state index contributed by atoms with van der Waals surface area (Å²) >= 11 is 0. The third kappa shape index (κ3) is 3.24. The first-order valence-electron chi connectivity index (χ1n) is 6.76. The molecule has 1 saturated carbocycles. The lowest BCUT2D eigenvalue weighted by Gasteiger charge is -2.33. The number of amides is 1. The molecule has 1 fully saturated rings. The Balaban J connectivity index is 2.81. The zero-order valence-corrected chi connectivity index (χ0v) is 11.9. The molecule has 0 saturated heterocycles. The maximum absolute atomic E-state index is 12.4. The van der Waals surface area contributed by atoms with E-state index in [0.717, 1.165) is 32.1 Å². The van der Waals surface area contributed by atoms with Crippen LogP contribution in [-0.2, 0) is 9.59 Å². The molecule has 2 N–H and O–H groups in total. The highest BCUT2D eigenvalue weighted by Gasteiger charge is 2.44. The Labute approximate surface area is 109 Å². The van der Waals surface area contributed by atoms with Crippen LogP contribution in [0.1, 0.15) is 59.8 Å². The van der Waals surface area contributed by atoms with E-state index in [1.165, 1.54) is 13.8 Å². The van der Waals surface area contributed by atoms with Crippen molar-refractivity contribution in [3.05, 3.63) is 0 Å². The fraction of sp³-hybridized carbons (Fsp3) is 0.857. The molecule has 4 heteroatoms. The van der Waals surface area contributed by atoms with Crippen molar-refractivity contribution in [1.29, 1.82) is 0 Å². The van der Waals surface area contributed by atoms with Crippen LogP contribution >= 0.6 is 0 Å². The van der Waals surface area contributed by atoms with Crippen LogP contribution in [0.15, 0.2) is 0 Å². The lowest BCUT2D eigenvalue weighted by atomic mass is 9.77. The van der Waals surface area contributed by atoms with E-state index in [1.807, 2.05) is 0 Å². The van der Waals surface area contributed by atoms with E-state index in [0.29, 0.717) is 5.92 Å². The van der Waals surface area contributed by atoms with Crippen LogP contribution in [0.2, 0.25) is 0 Å². The van der Waals surface area contributed by atoms with Crippen molar-refractivity contribution in [2.75, 3.05) is 0 Å². The van der Waals surface area contributed by atoms with Crippen molar-refractivity contribution in [3.63, 3.8) is 0 Å². The van der Waals surface area contributed by atoms with Gasteiger partial charge in [-0.3, -0.25) is 4.79 Å². The average molecular weight is 255 g/mol.